The lowest BCUT2D eigenvalue weighted by molar-refractivity contribution is 0.194. The first-order valence-electron chi connectivity index (χ1n) is 8.00. The number of urea groups is 1. The van der Waals surface area contributed by atoms with E-state index < -0.39 is 0 Å². The highest BCUT2D eigenvalue weighted by Gasteiger charge is 2.19. The van der Waals surface area contributed by atoms with Crippen LogP contribution in [0.4, 0.5) is 4.79 Å². The molecule has 2 rings (SSSR count). The molecule has 4 nitrogen and oxygen atoms in total. The number of rotatable bonds is 4. The van der Waals surface area contributed by atoms with Crippen molar-refractivity contribution in [3.8, 4) is 0 Å². The summed E-state index contributed by atoms with van der Waals surface area (Å²) in [6, 6.07) is 0.886. The first-order chi connectivity index (χ1) is 9.27. The van der Waals surface area contributed by atoms with E-state index in [-0.39, 0.29) is 6.03 Å². The molecule has 1 aliphatic heterocycles. The van der Waals surface area contributed by atoms with Crippen molar-refractivity contribution < 1.29 is 4.79 Å². The molecule has 0 bridgehead atoms. The summed E-state index contributed by atoms with van der Waals surface area (Å²) in [6.07, 6.45) is 10.3. The lowest BCUT2D eigenvalue weighted by Gasteiger charge is -2.25. The molecule has 19 heavy (non-hydrogen) atoms. The van der Waals surface area contributed by atoms with Gasteiger partial charge in [-0.05, 0) is 32.7 Å². The fraction of sp³-hybridized carbons (Fsp3) is 0.933. The molecule has 2 aliphatic rings. The predicted octanol–water partition coefficient (Wildman–Crippen LogP) is 2.45. The normalized spacial score (nSPS) is 21.7. The Bertz CT molecular complexity index is 269. The molecule has 0 atom stereocenters. The largest absolute Gasteiger partial charge is 0.337 e. The third-order valence-electron chi connectivity index (χ3n) is 4.58. The van der Waals surface area contributed by atoms with Gasteiger partial charge in [-0.15, -0.1) is 0 Å². The highest BCUT2D eigenvalue weighted by molar-refractivity contribution is 5.74. The molecular formula is C15H29N3O. The molecule has 4 heteroatoms. The van der Waals surface area contributed by atoms with Gasteiger partial charge < -0.3 is 15.1 Å². The summed E-state index contributed by atoms with van der Waals surface area (Å²) >= 11 is 0. The van der Waals surface area contributed by atoms with Gasteiger partial charge in [-0.2, -0.15) is 0 Å². The van der Waals surface area contributed by atoms with E-state index in [1.54, 1.807) is 0 Å². The van der Waals surface area contributed by atoms with Crippen LogP contribution in [0.5, 0.6) is 0 Å². The fourth-order valence-corrected chi connectivity index (χ4v) is 3.25. The van der Waals surface area contributed by atoms with Crippen molar-refractivity contribution in [2.75, 3.05) is 33.2 Å². The van der Waals surface area contributed by atoms with Crippen molar-refractivity contribution >= 4 is 6.03 Å². The van der Waals surface area contributed by atoms with Crippen LogP contribution in [-0.4, -0.2) is 55.1 Å². The molecule has 2 fully saturated rings. The Balaban J connectivity index is 1.62. The van der Waals surface area contributed by atoms with Crippen molar-refractivity contribution in [1.82, 2.24) is 15.1 Å². The summed E-state index contributed by atoms with van der Waals surface area (Å²) < 4.78 is 0. The van der Waals surface area contributed by atoms with E-state index >= 15 is 0 Å². The first-order valence-corrected chi connectivity index (χ1v) is 8.00. The second-order valence-electron chi connectivity index (χ2n) is 6.05. The maximum atomic E-state index is 12.0. The van der Waals surface area contributed by atoms with Crippen LogP contribution >= 0.6 is 0 Å². The molecule has 1 saturated heterocycles. The minimum atomic E-state index is 0.140. The van der Waals surface area contributed by atoms with Gasteiger partial charge in [0.1, 0.15) is 0 Å². The van der Waals surface area contributed by atoms with E-state index in [1.165, 1.54) is 38.5 Å². The lowest BCUT2D eigenvalue weighted by atomic mass is 10.2. The van der Waals surface area contributed by atoms with E-state index in [0.29, 0.717) is 0 Å². The Morgan fingerprint density at radius 1 is 1.11 bits per heavy atom. The minimum absolute atomic E-state index is 0.140. The lowest BCUT2D eigenvalue weighted by Crippen LogP contribution is -2.44. The quantitative estimate of drug-likeness (QED) is 0.849. The number of carbonyl (C=O) groups excluding carboxylic acids is 1. The van der Waals surface area contributed by atoms with E-state index in [2.05, 4.69) is 17.3 Å². The molecule has 0 spiro atoms. The summed E-state index contributed by atoms with van der Waals surface area (Å²) in [6.45, 7) is 3.63. The van der Waals surface area contributed by atoms with Crippen molar-refractivity contribution in [2.45, 2.75) is 57.4 Å². The number of carbonyl (C=O) groups is 1. The van der Waals surface area contributed by atoms with Gasteiger partial charge in [0.15, 0.2) is 0 Å². The number of nitrogens with one attached hydrogen (secondary N) is 1. The SMILES string of the molecule is CN(CCNC(=O)N1CCCCCC1)C1CCCC1. The van der Waals surface area contributed by atoms with Crippen molar-refractivity contribution in [2.24, 2.45) is 0 Å². The number of hydrogen-bond acceptors (Lipinski definition) is 2. The molecule has 1 heterocycles. The van der Waals surface area contributed by atoms with Crippen LogP contribution in [0.2, 0.25) is 0 Å². The predicted molar refractivity (Wildman–Crippen MR) is 78.3 cm³/mol. The number of amides is 2. The molecule has 0 radical (unpaired) electrons. The van der Waals surface area contributed by atoms with Crippen LogP contribution in [0.15, 0.2) is 0 Å². The van der Waals surface area contributed by atoms with Crippen LogP contribution in [0.25, 0.3) is 0 Å². The fourth-order valence-electron chi connectivity index (χ4n) is 3.25. The van der Waals surface area contributed by atoms with Crippen molar-refractivity contribution in [1.29, 1.82) is 0 Å². The van der Waals surface area contributed by atoms with Crippen LogP contribution in [0, 0.1) is 0 Å². The van der Waals surface area contributed by atoms with Crippen molar-refractivity contribution in [3.05, 3.63) is 0 Å². The van der Waals surface area contributed by atoms with Crippen LogP contribution in [0.1, 0.15) is 51.4 Å². The summed E-state index contributed by atoms with van der Waals surface area (Å²) in [5, 5.41) is 3.08. The zero-order chi connectivity index (χ0) is 13.5. The van der Waals surface area contributed by atoms with Crippen molar-refractivity contribution in [3.63, 3.8) is 0 Å². The van der Waals surface area contributed by atoms with E-state index in [4.69, 9.17) is 0 Å². The maximum Gasteiger partial charge on any atom is 0.317 e. The van der Waals surface area contributed by atoms with E-state index in [1.807, 2.05) is 4.90 Å². The molecule has 1 N–H and O–H groups in total. The standard InChI is InChI=1S/C15H29N3O/c1-17(14-8-4-5-9-14)13-10-16-15(19)18-11-6-2-3-7-12-18/h14H,2-13H2,1H3,(H,16,19). The monoisotopic (exact) mass is 267 g/mol. The summed E-state index contributed by atoms with van der Waals surface area (Å²) in [5.41, 5.74) is 0. The number of likely N-dealkylation sites (tertiary alicyclic amines) is 1. The van der Waals surface area contributed by atoms with Gasteiger partial charge in [0.05, 0.1) is 0 Å². The molecular weight excluding hydrogens is 238 g/mol. The van der Waals surface area contributed by atoms with Gasteiger partial charge in [0.25, 0.3) is 0 Å². The molecule has 0 aromatic carbocycles. The smallest absolute Gasteiger partial charge is 0.317 e. The molecule has 0 unspecified atom stereocenters. The molecule has 1 aliphatic carbocycles. The zero-order valence-corrected chi connectivity index (χ0v) is 12.4. The van der Waals surface area contributed by atoms with Gasteiger partial charge >= 0.3 is 6.03 Å². The Hall–Kier alpha value is -0.770. The Morgan fingerprint density at radius 2 is 1.74 bits per heavy atom. The highest BCUT2D eigenvalue weighted by atomic mass is 16.2. The summed E-state index contributed by atoms with van der Waals surface area (Å²) in [7, 11) is 2.19. The average Bonchev–Trinajstić information content (AvgIpc) is 2.81. The third kappa shape index (κ3) is 4.68. The summed E-state index contributed by atoms with van der Waals surface area (Å²) in [4.78, 5) is 16.5. The van der Waals surface area contributed by atoms with Gasteiger partial charge in [0, 0.05) is 32.2 Å². The maximum absolute atomic E-state index is 12.0. The number of likely N-dealkylation sites (N-methyl/N-ethyl adjacent to an activating group) is 1. The molecule has 110 valence electrons. The molecule has 2 amide bonds. The molecule has 0 aromatic rings. The van der Waals surface area contributed by atoms with Gasteiger partial charge in [-0.1, -0.05) is 25.7 Å². The van der Waals surface area contributed by atoms with Crippen LogP contribution < -0.4 is 5.32 Å². The molecule has 0 aromatic heterocycles. The topological polar surface area (TPSA) is 35.6 Å². The highest BCUT2D eigenvalue weighted by Crippen LogP contribution is 2.21. The second-order valence-corrected chi connectivity index (χ2v) is 6.05. The first kappa shape index (κ1) is 14.6. The van der Waals surface area contributed by atoms with Gasteiger partial charge in [-0.25, -0.2) is 4.79 Å². The Labute approximate surface area is 117 Å². The number of hydrogen-bond donors (Lipinski definition) is 1. The minimum Gasteiger partial charge on any atom is -0.337 e. The van der Waals surface area contributed by atoms with Crippen LogP contribution in [0.3, 0.4) is 0 Å². The van der Waals surface area contributed by atoms with Gasteiger partial charge in [0.2, 0.25) is 0 Å². The Kier molecular flexibility index (Phi) is 5.95. The van der Waals surface area contributed by atoms with E-state index in [0.717, 1.165) is 45.1 Å². The van der Waals surface area contributed by atoms with E-state index in [9.17, 15) is 4.79 Å². The third-order valence-corrected chi connectivity index (χ3v) is 4.58. The second kappa shape index (κ2) is 7.73. The average molecular weight is 267 g/mol. The Morgan fingerprint density at radius 3 is 2.37 bits per heavy atom. The van der Waals surface area contributed by atoms with Gasteiger partial charge in [-0.3, -0.25) is 0 Å². The van der Waals surface area contributed by atoms with Crippen LogP contribution in [-0.2, 0) is 0 Å². The number of nitrogens with zero attached hydrogens (tertiary/aromatic N) is 2. The zero-order valence-electron chi connectivity index (χ0n) is 12.4. The molecule has 1 saturated carbocycles. The summed E-state index contributed by atoms with van der Waals surface area (Å²) in [5.74, 6) is 0.